The maximum Gasteiger partial charge on any atom is 0.243 e. The van der Waals surface area contributed by atoms with Crippen LogP contribution in [0.2, 0.25) is 0 Å². The van der Waals surface area contributed by atoms with Crippen LogP contribution in [-0.2, 0) is 4.79 Å². The summed E-state index contributed by atoms with van der Waals surface area (Å²) in [4.78, 5) is 16.2. The van der Waals surface area contributed by atoms with Crippen molar-refractivity contribution in [2.45, 2.75) is 136 Å². The fourth-order valence-corrected chi connectivity index (χ4v) is 2.71. The molecule has 0 aromatic heterocycles. The van der Waals surface area contributed by atoms with Crippen molar-refractivity contribution in [1.82, 2.24) is 15.1 Å². The molecule has 1 aliphatic carbocycles. The van der Waals surface area contributed by atoms with Crippen LogP contribution in [0.15, 0.2) is 47.3 Å². The monoisotopic (exact) mass is 607 g/mol. The first kappa shape index (κ1) is 47.9. The van der Waals surface area contributed by atoms with Crippen molar-refractivity contribution >= 4 is 5.91 Å². The summed E-state index contributed by atoms with van der Waals surface area (Å²) in [7, 11) is 4.27. The Morgan fingerprint density at radius 2 is 1.30 bits per heavy atom. The predicted octanol–water partition coefficient (Wildman–Crippen LogP) is 9.97. The Balaban J connectivity index is -0.000000391. The van der Waals surface area contributed by atoms with Crippen LogP contribution in [0.4, 0.5) is 0 Å². The van der Waals surface area contributed by atoms with E-state index in [4.69, 9.17) is 5.73 Å². The summed E-state index contributed by atoms with van der Waals surface area (Å²) in [6.07, 6.45) is 13.9. The van der Waals surface area contributed by atoms with Gasteiger partial charge in [-0.2, -0.15) is 0 Å². The summed E-state index contributed by atoms with van der Waals surface area (Å²) in [6.45, 7) is 38.3. The quantitative estimate of drug-likeness (QED) is 0.256. The molecule has 5 nitrogen and oxygen atoms in total. The van der Waals surface area contributed by atoms with Gasteiger partial charge < -0.3 is 20.9 Å². The van der Waals surface area contributed by atoms with Crippen molar-refractivity contribution in [2.75, 3.05) is 40.3 Å². The molecule has 0 aromatic rings. The fourth-order valence-electron chi connectivity index (χ4n) is 2.71. The van der Waals surface area contributed by atoms with Crippen molar-refractivity contribution in [2.24, 2.45) is 22.0 Å². The molecule has 0 unspecified atom stereocenters. The van der Waals surface area contributed by atoms with Crippen molar-refractivity contribution in [3.8, 4) is 0 Å². The minimum Gasteiger partial charge on any atom is -0.397 e. The first-order chi connectivity index (χ1) is 19.7. The molecule has 0 spiro atoms. The molecular formula is C38H78N4O. The minimum absolute atomic E-state index is 0.0887. The van der Waals surface area contributed by atoms with Crippen LogP contribution in [0.3, 0.4) is 0 Å². The molecule has 43 heavy (non-hydrogen) atoms. The molecule has 1 amide bonds. The van der Waals surface area contributed by atoms with E-state index in [0.717, 1.165) is 43.0 Å². The summed E-state index contributed by atoms with van der Waals surface area (Å²) < 4.78 is 0. The maximum absolute atomic E-state index is 11.6. The number of carbonyl (C=O) groups excluding carboxylic acids is 1. The van der Waals surface area contributed by atoms with E-state index < -0.39 is 0 Å². The zero-order valence-electron chi connectivity index (χ0n) is 32.4. The van der Waals surface area contributed by atoms with Gasteiger partial charge in [-0.1, -0.05) is 129 Å². The maximum atomic E-state index is 11.6. The summed E-state index contributed by atoms with van der Waals surface area (Å²) in [5, 5.41) is 2.75. The number of hydrogen-bond acceptors (Lipinski definition) is 4. The largest absolute Gasteiger partial charge is 0.397 e. The first-order valence-electron chi connectivity index (χ1n) is 17.0. The zero-order valence-corrected chi connectivity index (χ0v) is 32.4. The lowest BCUT2D eigenvalue weighted by atomic mass is 9.92. The number of allylic oxidation sites excluding steroid dienone is 5. The van der Waals surface area contributed by atoms with Gasteiger partial charge in [0.1, 0.15) is 0 Å². The molecule has 0 aromatic carbocycles. The number of carbonyl (C=O) groups is 1. The Hall–Kier alpha value is -2.01. The molecule has 1 rings (SSSR count). The number of likely N-dealkylation sites (N-methyl/N-ethyl adjacent to an activating group) is 3. The second-order valence-corrected chi connectivity index (χ2v) is 14.2. The second kappa shape index (κ2) is 26.4. The average molecular weight is 607 g/mol. The van der Waals surface area contributed by atoms with Crippen LogP contribution in [0.25, 0.3) is 0 Å². The highest BCUT2D eigenvalue weighted by atomic mass is 16.1. The van der Waals surface area contributed by atoms with E-state index >= 15 is 0 Å². The van der Waals surface area contributed by atoms with E-state index in [2.05, 4.69) is 111 Å². The third-order valence-corrected chi connectivity index (χ3v) is 6.70. The molecule has 0 saturated carbocycles. The highest BCUT2D eigenvalue weighted by Crippen LogP contribution is 2.20. The molecular weight excluding hydrogens is 528 g/mol. The van der Waals surface area contributed by atoms with Gasteiger partial charge in [0.25, 0.3) is 0 Å². The van der Waals surface area contributed by atoms with Gasteiger partial charge >= 0.3 is 0 Å². The number of hydrogen-bond donors (Lipinski definition) is 2. The predicted molar refractivity (Wildman–Crippen MR) is 197 cm³/mol. The zero-order chi connectivity index (χ0) is 34.9. The van der Waals surface area contributed by atoms with Crippen LogP contribution >= 0.6 is 0 Å². The molecule has 3 N–H and O–H groups in total. The van der Waals surface area contributed by atoms with Crippen molar-refractivity contribution in [1.29, 1.82) is 0 Å². The molecule has 5 heteroatoms. The molecule has 0 fully saturated rings. The van der Waals surface area contributed by atoms with E-state index in [0.29, 0.717) is 22.8 Å². The number of nitrogens with one attached hydrogen (secondary N) is 1. The molecule has 0 heterocycles. The Morgan fingerprint density at radius 3 is 1.70 bits per heavy atom. The average Bonchev–Trinajstić information content (AvgIpc) is 3.12. The lowest BCUT2D eigenvalue weighted by Crippen LogP contribution is -2.33. The normalized spacial score (nSPS) is 13.2. The second-order valence-electron chi connectivity index (χ2n) is 14.2. The third kappa shape index (κ3) is 34.4. The minimum atomic E-state index is -0.0887. The van der Waals surface area contributed by atoms with Crippen molar-refractivity contribution in [3.05, 3.63) is 47.3 Å². The smallest absolute Gasteiger partial charge is 0.243 e. The highest BCUT2D eigenvalue weighted by molar-refractivity contribution is 5.88. The number of rotatable bonds is 9. The van der Waals surface area contributed by atoms with E-state index in [-0.39, 0.29) is 5.91 Å². The van der Waals surface area contributed by atoms with Crippen molar-refractivity contribution in [3.63, 3.8) is 0 Å². The van der Waals surface area contributed by atoms with Gasteiger partial charge in [0.05, 0.1) is 5.70 Å². The number of nitrogens with zero attached hydrogens (tertiary/aromatic N) is 2. The fraction of sp³-hybridized carbons (Fsp3) is 0.763. The summed E-state index contributed by atoms with van der Waals surface area (Å²) in [5.74, 6) is -0.0887. The molecule has 0 bridgehead atoms. The molecule has 256 valence electrons. The van der Waals surface area contributed by atoms with Crippen LogP contribution in [0.1, 0.15) is 136 Å². The topological polar surface area (TPSA) is 61.6 Å². The molecule has 1 aliphatic rings. The Labute approximate surface area is 271 Å². The van der Waals surface area contributed by atoms with E-state index in [1.807, 2.05) is 46.8 Å². The van der Waals surface area contributed by atoms with Gasteiger partial charge in [-0.15, -0.1) is 0 Å². The summed E-state index contributed by atoms with van der Waals surface area (Å²) >= 11 is 0. The van der Waals surface area contributed by atoms with E-state index in [9.17, 15) is 4.79 Å². The molecule has 0 aliphatic heterocycles. The van der Waals surface area contributed by atoms with E-state index in [1.165, 1.54) is 19.3 Å². The third-order valence-electron chi connectivity index (χ3n) is 6.70. The van der Waals surface area contributed by atoms with Crippen LogP contribution in [0, 0.1) is 16.2 Å². The van der Waals surface area contributed by atoms with Gasteiger partial charge in [0.2, 0.25) is 5.91 Å². The highest BCUT2D eigenvalue weighted by Gasteiger charge is 2.13. The summed E-state index contributed by atoms with van der Waals surface area (Å²) in [6, 6.07) is 0. The van der Waals surface area contributed by atoms with Crippen molar-refractivity contribution < 1.29 is 4.79 Å². The van der Waals surface area contributed by atoms with Gasteiger partial charge in [-0.05, 0) is 60.9 Å². The van der Waals surface area contributed by atoms with E-state index in [1.54, 1.807) is 12.2 Å². The van der Waals surface area contributed by atoms with Crippen LogP contribution < -0.4 is 11.1 Å². The Morgan fingerprint density at radius 1 is 0.837 bits per heavy atom. The molecule has 0 radical (unpaired) electrons. The summed E-state index contributed by atoms with van der Waals surface area (Å²) in [5.41, 5.74) is 10.6. The lowest BCUT2D eigenvalue weighted by molar-refractivity contribution is -0.116. The Kier molecular flexibility index (Phi) is 29.4. The number of nitrogens with two attached hydrogens (primary N) is 1. The lowest BCUT2D eigenvalue weighted by Gasteiger charge is -2.28. The Bertz CT molecular complexity index is 785. The van der Waals surface area contributed by atoms with Crippen LogP contribution in [-0.4, -0.2) is 56.0 Å². The van der Waals surface area contributed by atoms with Gasteiger partial charge in [0, 0.05) is 44.9 Å². The van der Waals surface area contributed by atoms with Crippen LogP contribution in [0.5, 0.6) is 0 Å². The molecule has 0 atom stereocenters. The van der Waals surface area contributed by atoms with Gasteiger partial charge in [-0.25, -0.2) is 0 Å². The molecule has 0 saturated heterocycles. The number of amides is 1. The standard InChI is InChI=1S/C22H38N4O.2C6H14.2C2H6/c1-7-24-21(27)12-11-18-9-8-10-20(19(23)17-18)26(6)16-15-25(5)14-13-22(2,3)4;2*1-5-6(2,3)4;2*1-2/h8-9,11-12,17H,7,10,13-16,23H2,1-6H3,(H,24,27);2*5H2,1-4H3;2*1-2H3/b12-11+;;;;. The SMILES string of the molecule is CC.CC.CCC(C)(C)C.CCC(C)(C)C.CCNC(=O)/C=C/C1=CC(N)=C(N(C)CCN(C)CCC(C)(C)C)CC=C1. The van der Waals surface area contributed by atoms with Gasteiger partial charge in [0.15, 0.2) is 0 Å². The van der Waals surface area contributed by atoms with Gasteiger partial charge in [-0.3, -0.25) is 4.79 Å². The first-order valence-corrected chi connectivity index (χ1v) is 17.0.